The summed E-state index contributed by atoms with van der Waals surface area (Å²) in [6.45, 7) is 4.67. The molecule has 136 valence electrons. The van der Waals surface area contributed by atoms with Gasteiger partial charge in [0.25, 0.3) is 5.69 Å². The summed E-state index contributed by atoms with van der Waals surface area (Å²) in [5, 5.41) is 17.7. The number of hydrogen-bond acceptors (Lipinski definition) is 5. The van der Waals surface area contributed by atoms with Gasteiger partial charge in [-0.25, -0.2) is 0 Å². The van der Waals surface area contributed by atoms with Crippen molar-refractivity contribution in [2.45, 2.75) is 13.5 Å². The normalized spacial score (nSPS) is 10.0. The summed E-state index contributed by atoms with van der Waals surface area (Å²) >= 11 is 6.15. The van der Waals surface area contributed by atoms with Crippen LogP contribution in [0.4, 0.5) is 11.4 Å². The largest absolute Gasteiger partial charge is 0.492 e. The Hall–Kier alpha value is -2.02. The second kappa shape index (κ2) is 10.8. The first kappa shape index (κ1) is 21.0. The van der Waals surface area contributed by atoms with E-state index < -0.39 is 4.92 Å². The molecule has 0 unspecified atom stereocenters. The zero-order chi connectivity index (χ0) is 17.4. The maximum Gasteiger partial charge on any atom is 0.269 e. The molecule has 2 N–H and O–H groups in total. The van der Waals surface area contributed by atoms with Gasteiger partial charge < -0.3 is 15.4 Å². The van der Waals surface area contributed by atoms with Crippen LogP contribution < -0.4 is 15.4 Å². The molecule has 0 amide bonds. The highest BCUT2D eigenvalue weighted by atomic mass is 35.5. The van der Waals surface area contributed by atoms with E-state index in [1.807, 2.05) is 25.1 Å². The van der Waals surface area contributed by atoms with Crippen LogP contribution >= 0.6 is 24.0 Å². The van der Waals surface area contributed by atoms with Crippen LogP contribution in [0.3, 0.4) is 0 Å². The van der Waals surface area contributed by atoms with Crippen LogP contribution in [-0.4, -0.2) is 24.6 Å². The minimum absolute atomic E-state index is 0. The van der Waals surface area contributed by atoms with Crippen molar-refractivity contribution in [2.75, 3.05) is 25.0 Å². The van der Waals surface area contributed by atoms with Crippen LogP contribution in [0.5, 0.6) is 5.75 Å². The summed E-state index contributed by atoms with van der Waals surface area (Å²) in [5.41, 5.74) is 2.02. The molecule has 25 heavy (non-hydrogen) atoms. The minimum atomic E-state index is -0.409. The van der Waals surface area contributed by atoms with Crippen molar-refractivity contribution in [1.82, 2.24) is 5.32 Å². The van der Waals surface area contributed by atoms with E-state index in [1.165, 1.54) is 12.1 Å². The fourth-order valence-electron chi connectivity index (χ4n) is 2.16. The Morgan fingerprint density at radius 2 is 1.88 bits per heavy atom. The lowest BCUT2D eigenvalue weighted by Crippen LogP contribution is -2.21. The first-order valence-corrected chi connectivity index (χ1v) is 8.08. The molecule has 0 aliphatic heterocycles. The van der Waals surface area contributed by atoms with Gasteiger partial charge in [0.05, 0.1) is 16.6 Å². The zero-order valence-electron chi connectivity index (χ0n) is 13.8. The predicted octanol–water partition coefficient (Wildman–Crippen LogP) is 4.27. The third-order valence-corrected chi connectivity index (χ3v) is 3.63. The van der Waals surface area contributed by atoms with E-state index in [0.717, 1.165) is 17.8 Å². The number of hydrogen-bond donors (Lipinski definition) is 2. The number of anilines is 1. The van der Waals surface area contributed by atoms with E-state index in [9.17, 15) is 10.1 Å². The Balaban J connectivity index is 0.00000312. The van der Waals surface area contributed by atoms with Gasteiger partial charge in [-0.1, -0.05) is 17.7 Å². The van der Waals surface area contributed by atoms with Crippen molar-refractivity contribution in [3.8, 4) is 5.75 Å². The highest BCUT2D eigenvalue weighted by Crippen LogP contribution is 2.25. The molecule has 0 saturated carbocycles. The zero-order valence-corrected chi connectivity index (χ0v) is 15.4. The van der Waals surface area contributed by atoms with Crippen molar-refractivity contribution < 1.29 is 9.66 Å². The number of nitro benzene ring substituents is 1. The van der Waals surface area contributed by atoms with Gasteiger partial charge in [-0.2, -0.15) is 0 Å². The number of non-ortho nitro benzene ring substituents is 1. The predicted molar refractivity (Wildman–Crippen MR) is 103 cm³/mol. The third-order valence-electron chi connectivity index (χ3n) is 3.33. The SMILES string of the molecule is CCOc1ccc(CNCCNc2ccc([N+](=O)[O-])cc2)cc1Cl.Cl. The first-order chi connectivity index (χ1) is 11.6. The third kappa shape index (κ3) is 6.78. The van der Waals surface area contributed by atoms with Crippen molar-refractivity contribution in [3.05, 3.63) is 63.2 Å². The number of ether oxygens (including phenoxy) is 1. The molecule has 8 heteroatoms. The maximum absolute atomic E-state index is 10.6. The lowest BCUT2D eigenvalue weighted by molar-refractivity contribution is -0.384. The molecule has 0 spiro atoms. The van der Waals surface area contributed by atoms with Crippen molar-refractivity contribution in [1.29, 1.82) is 0 Å². The van der Waals surface area contributed by atoms with Gasteiger partial charge in [0, 0.05) is 37.5 Å². The molecular weight excluding hydrogens is 365 g/mol. The minimum Gasteiger partial charge on any atom is -0.492 e. The molecule has 0 aliphatic carbocycles. The first-order valence-electron chi connectivity index (χ1n) is 7.70. The fraction of sp³-hybridized carbons (Fsp3) is 0.294. The van der Waals surface area contributed by atoms with Gasteiger partial charge >= 0.3 is 0 Å². The van der Waals surface area contributed by atoms with Crippen LogP contribution in [0.25, 0.3) is 0 Å². The van der Waals surface area contributed by atoms with E-state index in [1.54, 1.807) is 12.1 Å². The Bertz CT molecular complexity index is 681. The quantitative estimate of drug-likeness (QED) is 0.382. The average Bonchev–Trinajstić information content (AvgIpc) is 2.57. The van der Waals surface area contributed by atoms with Crippen LogP contribution in [0.2, 0.25) is 5.02 Å². The van der Waals surface area contributed by atoms with Gasteiger partial charge in [-0.05, 0) is 36.8 Å². The maximum atomic E-state index is 10.6. The van der Waals surface area contributed by atoms with Crippen molar-refractivity contribution in [3.63, 3.8) is 0 Å². The second-order valence-electron chi connectivity index (χ2n) is 5.11. The summed E-state index contributed by atoms with van der Waals surface area (Å²) in [7, 11) is 0. The Labute approximate surface area is 158 Å². The summed E-state index contributed by atoms with van der Waals surface area (Å²) < 4.78 is 5.40. The number of nitrogens with one attached hydrogen (secondary N) is 2. The number of nitrogens with zero attached hydrogens (tertiary/aromatic N) is 1. The number of rotatable bonds is 9. The van der Waals surface area contributed by atoms with Crippen LogP contribution in [0.15, 0.2) is 42.5 Å². The van der Waals surface area contributed by atoms with E-state index in [-0.39, 0.29) is 18.1 Å². The molecule has 2 aromatic rings. The summed E-state index contributed by atoms with van der Waals surface area (Å²) in [6.07, 6.45) is 0. The molecule has 6 nitrogen and oxygen atoms in total. The monoisotopic (exact) mass is 385 g/mol. The van der Waals surface area contributed by atoms with E-state index >= 15 is 0 Å². The molecule has 0 atom stereocenters. The lowest BCUT2D eigenvalue weighted by atomic mass is 10.2. The second-order valence-corrected chi connectivity index (χ2v) is 5.51. The van der Waals surface area contributed by atoms with Gasteiger partial charge in [-0.15, -0.1) is 12.4 Å². The topological polar surface area (TPSA) is 76.4 Å². The molecule has 0 saturated heterocycles. The molecule has 2 rings (SSSR count). The van der Waals surface area contributed by atoms with E-state index in [0.29, 0.717) is 30.5 Å². The average molecular weight is 386 g/mol. The van der Waals surface area contributed by atoms with Crippen LogP contribution in [0, 0.1) is 10.1 Å². The highest BCUT2D eigenvalue weighted by Gasteiger charge is 2.04. The summed E-state index contributed by atoms with van der Waals surface area (Å²) in [4.78, 5) is 10.2. The fourth-order valence-corrected chi connectivity index (χ4v) is 2.41. The Morgan fingerprint density at radius 3 is 2.48 bits per heavy atom. The molecular formula is C17H21Cl2N3O3. The molecule has 0 aromatic heterocycles. The molecule has 2 aromatic carbocycles. The molecule has 0 radical (unpaired) electrons. The van der Waals surface area contributed by atoms with Crippen LogP contribution in [-0.2, 0) is 6.54 Å². The van der Waals surface area contributed by atoms with Crippen molar-refractivity contribution >= 4 is 35.4 Å². The van der Waals surface area contributed by atoms with Gasteiger partial charge in [0.2, 0.25) is 0 Å². The standard InChI is InChI=1S/C17H20ClN3O3.ClH/c1-2-24-17-8-3-13(11-16(17)18)12-19-9-10-20-14-4-6-15(7-5-14)21(22)23;/h3-8,11,19-20H,2,9-10,12H2,1H3;1H. The van der Waals surface area contributed by atoms with Gasteiger partial charge in [-0.3, -0.25) is 10.1 Å². The molecule has 0 aliphatic rings. The van der Waals surface area contributed by atoms with Gasteiger partial charge in [0.15, 0.2) is 0 Å². The smallest absolute Gasteiger partial charge is 0.269 e. The lowest BCUT2D eigenvalue weighted by Gasteiger charge is -2.10. The summed E-state index contributed by atoms with van der Waals surface area (Å²) in [6, 6.07) is 12.1. The van der Waals surface area contributed by atoms with Gasteiger partial charge in [0.1, 0.15) is 5.75 Å². The Morgan fingerprint density at radius 1 is 1.16 bits per heavy atom. The number of benzene rings is 2. The highest BCUT2D eigenvalue weighted by molar-refractivity contribution is 6.32. The Kier molecular flexibility index (Phi) is 9.05. The molecule has 0 fully saturated rings. The molecule has 0 heterocycles. The van der Waals surface area contributed by atoms with E-state index in [4.69, 9.17) is 16.3 Å². The number of halogens is 2. The summed E-state index contributed by atoms with van der Waals surface area (Å²) in [5.74, 6) is 0.697. The van der Waals surface area contributed by atoms with Crippen molar-refractivity contribution in [2.24, 2.45) is 0 Å². The van der Waals surface area contributed by atoms with E-state index in [2.05, 4.69) is 10.6 Å². The molecule has 0 bridgehead atoms. The number of nitro groups is 1. The van der Waals surface area contributed by atoms with Crippen LogP contribution in [0.1, 0.15) is 12.5 Å².